The summed E-state index contributed by atoms with van der Waals surface area (Å²) in [6.45, 7) is 5.18. The number of rotatable bonds is 10. The van der Waals surface area contributed by atoms with E-state index in [0.717, 1.165) is 37.0 Å². The number of hydrogen-bond acceptors (Lipinski definition) is 3. The van der Waals surface area contributed by atoms with Crippen LogP contribution >= 0.6 is 0 Å². The Hall–Kier alpha value is -1.55. The van der Waals surface area contributed by atoms with Crippen molar-refractivity contribution >= 4 is 5.91 Å². The summed E-state index contributed by atoms with van der Waals surface area (Å²) in [4.78, 5) is 11.7. The lowest BCUT2D eigenvalue weighted by molar-refractivity contribution is -0.123. The summed E-state index contributed by atoms with van der Waals surface area (Å²) in [6.07, 6.45) is 3.81. The van der Waals surface area contributed by atoms with Crippen molar-refractivity contribution < 1.29 is 14.6 Å². The summed E-state index contributed by atoms with van der Waals surface area (Å²) < 4.78 is 5.61. The lowest BCUT2D eigenvalue weighted by Crippen LogP contribution is -2.29. The number of nitrogens with one attached hydrogen (secondary N) is 1. The summed E-state index contributed by atoms with van der Waals surface area (Å²) in [5.74, 6) is 1.07. The van der Waals surface area contributed by atoms with Gasteiger partial charge in [-0.3, -0.25) is 4.79 Å². The summed E-state index contributed by atoms with van der Waals surface area (Å²) in [7, 11) is 0. The fourth-order valence-electron chi connectivity index (χ4n) is 2.10. The number of benzene rings is 1. The van der Waals surface area contributed by atoms with E-state index in [4.69, 9.17) is 9.84 Å². The Labute approximate surface area is 127 Å². The van der Waals surface area contributed by atoms with Gasteiger partial charge in [-0.15, -0.1) is 0 Å². The van der Waals surface area contributed by atoms with Gasteiger partial charge in [0.15, 0.2) is 6.61 Å². The average Bonchev–Trinajstić information content (AvgIpc) is 2.49. The van der Waals surface area contributed by atoms with Crippen LogP contribution in [0.2, 0.25) is 0 Å². The highest BCUT2D eigenvalue weighted by Crippen LogP contribution is 2.25. The fraction of sp³-hybridized carbons (Fsp3) is 0.588. The Morgan fingerprint density at radius 1 is 1.19 bits per heavy atom. The second-order valence-corrected chi connectivity index (χ2v) is 5.47. The van der Waals surface area contributed by atoms with E-state index < -0.39 is 0 Å². The quantitative estimate of drug-likeness (QED) is 0.652. The molecule has 4 heteroatoms. The molecule has 118 valence electrons. The van der Waals surface area contributed by atoms with Gasteiger partial charge in [0.05, 0.1) is 0 Å². The van der Waals surface area contributed by atoms with Crippen LogP contribution < -0.4 is 10.1 Å². The summed E-state index contributed by atoms with van der Waals surface area (Å²) in [6, 6.07) is 7.82. The molecule has 0 aliphatic rings. The molecular weight excluding hydrogens is 266 g/mol. The zero-order chi connectivity index (χ0) is 15.5. The van der Waals surface area contributed by atoms with E-state index in [-0.39, 0.29) is 19.1 Å². The molecule has 0 unspecified atom stereocenters. The minimum atomic E-state index is -0.0873. The first kappa shape index (κ1) is 17.5. The number of para-hydroxylation sites is 1. The van der Waals surface area contributed by atoms with Crippen molar-refractivity contribution in [3.05, 3.63) is 29.8 Å². The molecule has 1 aromatic rings. The molecule has 0 aromatic heterocycles. The van der Waals surface area contributed by atoms with E-state index in [0.29, 0.717) is 12.5 Å². The number of aliphatic hydroxyl groups is 1. The topological polar surface area (TPSA) is 58.6 Å². The van der Waals surface area contributed by atoms with Gasteiger partial charge in [0.25, 0.3) is 5.91 Å². The first-order chi connectivity index (χ1) is 10.1. The van der Waals surface area contributed by atoms with Gasteiger partial charge in [-0.25, -0.2) is 0 Å². The number of carbonyl (C=O) groups is 1. The van der Waals surface area contributed by atoms with Crippen molar-refractivity contribution in [2.45, 2.75) is 45.4 Å². The first-order valence-corrected chi connectivity index (χ1v) is 7.74. The SMILES string of the molecule is CC(C)c1ccccc1OCC(=O)NCCCCCCO. The van der Waals surface area contributed by atoms with Gasteiger partial charge in [-0.2, -0.15) is 0 Å². The lowest BCUT2D eigenvalue weighted by atomic mass is 10.0. The van der Waals surface area contributed by atoms with Crippen LogP contribution in [-0.2, 0) is 4.79 Å². The molecular formula is C17H27NO3. The Morgan fingerprint density at radius 2 is 1.90 bits per heavy atom. The Morgan fingerprint density at radius 3 is 2.62 bits per heavy atom. The van der Waals surface area contributed by atoms with Crippen LogP contribution in [0.3, 0.4) is 0 Å². The zero-order valence-electron chi connectivity index (χ0n) is 13.1. The van der Waals surface area contributed by atoms with Crippen molar-refractivity contribution in [1.82, 2.24) is 5.32 Å². The van der Waals surface area contributed by atoms with Crippen LogP contribution in [0.1, 0.15) is 51.0 Å². The monoisotopic (exact) mass is 293 g/mol. The highest BCUT2D eigenvalue weighted by atomic mass is 16.5. The van der Waals surface area contributed by atoms with Gasteiger partial charge in [0.1, 0.15) is 5.75 Å². The molecule has 4 nitrogen and oxygen atoms in total. The summed E-state index contributed by atoms with van der Waals surface area (Å²) in [5.41, 5.74) is 1.12. The fourth-order valence-corrected chi connectivity index (χ4v) is 2.10. The Bertz CT molecular complexity index is 418. The second kappa shape index (κ2) is 10.2. The molecule has 1 aromatic carbocycles. The van der Waals surface area contributed by atoms with Gasteiger partial charge >= 0.3 is 0 Å². The number of unbranched alkanes of at least 4 members (excludes halogenated alkanes) is 3. The van der Waals surface area contributed by atoms with E-state index in [2.05, 4.69) is 19.2 Å². The average molecular weight is 293 g/mol. The van der Waals surface area contributed by atoms with Crippen molar-refractivity contribution in [3.63, 3.8) is 0 Å². The smallest absolute Gasteiger partial charge is 0.257 e. The molecule has 1 rings (SSSR count). The number of aliphatic hydroxyl groups excluding tert-OH is 1. The van der Waals surface area contributed by atoms with Gasteiger partial charge in [0, 0.05) is 13.2 Å². The largest absolute Gasteiger partial charge is 0.483 e. The van der Waals surface area contributed by atoms with Crippen LogP contribution in [0.25, 0.3) is 0 Å². The van der Waals surface area contributed by atoms with E-state index in [1.807, 2.05) is 24.3 Å². The molecule has 21 heavy (non-hydrogen) atoms. The second-order valence-electron chi connectivity index (χ2n) is 5.47. The zero-order valence-corrected chi connectivity index (χ0v) is 13.1. The molecule has 0 spiro atoms. The van der Waals surface area contributed by atoms with Crippen LogP contribution in [0.5, 0.6) is 5.75 Å². The van der Waals surface area contributed by atoms with Gasteiger partial charge in [-0.1, -0.05) is 44.9 Å². The van der Waals surface area contributed by atoms with Gasteiger partial charge in [-0.05, 0) is 30.4 Å². The van der Waals surface area contributed by atoms with Crippen molar-refractivity contribution in [3.8, 4) is 5.75 Å². The predicted octanol–water partition coefficient (Wildman–Crippen LogP) is 2.86. The molecule has 0 saturated carbocycles. The summed E-state index contributed by atoms with van der Waals surface area (Å²) >= 11 is 0. The molecule has 0 fully saturated rings. The van der Waals surface area contributed by atoms with Crippen LogP contribution in [0.4, 0.5) is 0 Å². The molecule has 0 aliphatic carbocycles. The van der Waals surface area contributed by atoms with E-state index in [1.54, 1.807) is 0 Å². The number of carbonyl (C=O) groups excluding carboxylic acids is 1. The van der Waals surface area contributed by atoms with Crippen molar-refractivity contribution in [2.24, 2.45) is 0 Å². The Balaban J connectivity index is 2.24. The molecule has 0 saturated heterocycles. The minimum absolute atomic E-state index is 0.0559. The van der Waals surface area contributed by atoms with E-state index >= 15 is 0 Å². The highest BCUT2D eigenvalue weighted by Gasteiger charge is 2.08. The van der Waals surface area contributed by atoms with Gasteiger partial charge < -0.3 is 15.2 Å². The Kier molecular flexibility index (Phi) is 8.51. The first-order valence-electron chi connectivity index (χ1n) is 7.74. The minimum Gasteiger partial charge on any atom is -0.483 e. The summed E-state index contributed by atoms with van der Waals surface area (Å²) in [5, 5.41) is 11.5. The third-order valence-electron chi connectivity index (χ3n) is 3.31. The number of hydrogen-bond donors (Lipinski definition) is 2. The van der Waals surface area contributed by atoms with Crippen LogP contribution in [-0.4, -0.2) is 30.8 Å². The van der Waals surface area contributed by atoms with E-state index in [9.17, 15) is 4.79 Å². The molecule has 0 atom stereocenters. The molecule has 2 N–H and O–H groups in total. The molecule has 1 amide bonds. The standard InChI is InChI=1S/C17H27NO3/c1-14(2)15-9-5-6-10-16(15)21-13-17(20)18-11-7-3-4-8-12-19/h5-6,9-10,14,19H,3-4,7-8,11-13H2,1-2H3,(H,18,20). The highest BCUT2D eigenvalue weighted by molar-refractivity contribution is 5.77. The van der Waals surface area contributed by atoms with Crippen molar-refractivity contribution in [2.75, 3.05) is 19.8 Å². The predicted molar refractivity (Wildman–Crippen MR) is 84.6 cm³/mol. The molecule has 0 aliphatic heterocycles. The number of amides is 1. The van der Waals surface area contributed by atoms with Crippen molar-refractivity contribution in [1.29, 1.82) is 0 Å². The maximum Gasteiger partial charge on any atom is 0.257 e. The van der Waals surface area contributed by atoms with E-state index in [1.165, 1.54) is 0 Å². The maximum absolute atomic E-state index is 11.7. The lowest BCUT2D eigenvalue weighted by Gasteiger charge is -2.13. The molecule has 0 radical (unpaired) electrons. The molecule has 0 bridgehead atoms. The third kappa shape index (κ3) is 7.14. The van der Waals surface area contributed by atoms with Crippen LogP contribution in [0.15, 0.2) is 24.3 Å². The van der Waals surface area contributed by atoms with Gasteiger partial charge in [0.2, 0.25) is 0 Å². The number of ether oxygens (including phenoxy) is 1. The molecule has 0 heterocycles. The van der Waals surface area contributed by atoms with Crippen LogP contribution in [0, 0.1) is 0 Å². The third-order valence-corrected chi connectivity index (χ3v) is 3.31. The normalized spacial score (nSPS) is 10.7. The maximum atomic E-state index is 11.7.